The van der Waals surface area contributed by atoms with E-state index in [-0.39, 0.29) is 28.8 Å². The van der Waals surface area contributed by atoms with Gasteiger partial charge < -0.3 is 10.4 Å². The van der Waals surface area contributed by atoms with Crippen molar-refractivity contribution in [2.75, 3.05) is 5.32 Å². The second-order valence-corrected chi connectivity index (χ2v) is 3.66. The lowest BCUT2D eigenvalue weighted by atomic mass is 10.1. The fourth-order valence-corrected chi connectivity index (χ4v) is 1.20. The van der Waals surface area contributed by atoms with Crippen LogP contribution < -0.4 is 5.32 Å². The zero-order valence-electron chi connectivity index (χ0n) is 9.36. The molecule has 0 aliphatic rings. The van der Waals surface area contributed by atoms with Crippen molar-refractivity contribution in [3.63, 3.8) is 0 Å². The highest BCUT2D eigenvalue weighted by Gasteiger charge is 2.13. The number of para-hydroxylation sites is 1. The molecule has 1 unspecified atom stereocenters. The minimum absolute atomic E-state index is 0.126. The molecular weight excluding hydrogens is 206 g/mol. The Morgan fingerprint density at radius 2 is 2.25 bits per heavy atom. The Bertz CT molecular complexity index is 401. The van der Waals surface area contributed by atoms with Crippen molar-refractivity contribution in [3.05, 3.63) is 23.8 Å². The summed E-state index contributed by atoms with van der Waals surface area (Å²) in [7, 11) is 0. The van der Waals surface area contributed by atoms with Crippen LogP contribution in [-0.4, -0.2) is 17.3 Å². The Morgan fingerprint density at radius 1 is 1.56 bits per heavy atom. The summed E-state index contributed by atoms with van der Waals surface area (Å²) in [6, 6.07) is 4.65. The van der Waals surface area contributed by atoms with E-state index in [4.69, 9.17) is 0 Å². The molecule has 1 atom stereocenters. The molecule has 16 heavy (non-hydrogen) atoms. The van der Waals surface area contributed by atoms with Crippen LogP contribution in [0.15, 0.2) is 18.2 Å². The highest BCUT2D eigenvalue weighted by molar-refractivity contribution is 5.95. The smallest absolute Gasteiger partial charge is 0.227 e. The van der Waals surface area contributed by atoms with Gasteiger partial charge in [0.1, 0.15) is 5.75 Å². The van der Waals surface area contributed by atoms with Crippen molar-refractivity contribution in [2.45, 2.75) is 20.3 Å². The minimum atomic E-state index is -0.186. The number of benzene rings is 1. The first kappa shape index (κ1) is 12.2. The number of carbonyl (C=O) groups excluding carboxylic acids is 2. The monoisotopic (exact) mass is 221 g/mol. The van der Waals surface area contributed by atoms with Crippen molar-refractivity contribution >= 4 is 17.9 Å². The van der Waals surface area contributed by atoms with Gasteiger partial charge in [0.25, 0.3) is 0 Å². The van der Waals surface area contributed by atoms with E-state index < -0.39 is 0 Å². The molecule has 0 bridgehead atoms. The number of carbonyl (C=O) groups is 2. The van der Waals surface area contributed by atoms with Gasteiger partial charge in [0.2, 0.25) is 5.91 Å². The van der Waals surface area contributed by atoms with Gasteiger partial charge in [-0.1, -0.05) is 19.9 Å². The van der Waals surface area contributed by atoms with Gasteiger partial charge in [0.15, 0.2) is 6.29 Å². The minimum Gasteiger partial charge on any atom is -0.505 e. The molecule has 86 valence electrons. The molecule has 1 aromatic carbocycles. The summed E-state index contributed by atoms with van der Waals surface area (Å²) < 4.78 is 0. The maximum Gasteiger partial charge on any atom is 0.227 e. The highest BCUT2D eigenvalue weighted by Crippen LogP contribution is 2.26. The van der Waals surface area contributed by atoms with Gasteiger partial charge in [-0.25, -0.2) is 0 Å². The van der Waals surface area contributed by atoms with Crippen LogP contribution in [0.5, 0.6) is 5.75 Å². The van der Waals surface area contributed by atoms with E-state index in [1.807, 2.05) is 6.92 Å². The summed E-state index contributed by atoms with van der Waals surface area (Å²) in [4.78, 5) is 22.2. The van der Waals surface area contributed by atoms with Crippen LogP contribution in [0.1, 0.15) is 30.6 Å². The second kappa shape index (κ2) is 5.30. The van der Waals surface area contributed by atoms with E-state index in [9.17, 15) is 14.7 Å². The molecule has 2 N–H and O–H groups in total. The summed E-state index contributed by atoms with van der Waals surface area (Å²) in [6.45, 7) is 3.71. The van der Waals surface area contributed by atoms with Crippen molar-refractivity contribution in [1.82, 2.24) is 0 Å². The number of aldehydes is 1. The lowest BCUT2D eigenvalue weighted by molar-refractivity contribution is -0.119. The maximum absolute atomic E-state index is 11.6. The molecule has 0 aliphatic heterocycles. The number of phenols is 1. The summed E-state index contributed by atoms with van der Waals surface area (Å²) in [5, 5.41) is 12.2. The summed E-state index contributed by atoms with van der Waals surface area (Å²) in [5.74, 6) is -0.478. The zero-order chi connectivity index (χ0) is 12.1. The lowest BCUT2D eigenvalue weighted by Crippen LogP contribution is -2.19. The van der Waals surface area contributed by atoms with Crippen LogP contribution in [0.2, 0.25) is 0 Å². The molecule has 1 rings (SSSR count). The van der Waals surface area contributed by atoms with Gasteiger partial charge in [-0.3, -0.25) is 9.59 Å². The Kier molecular flexibility index (Phi) is 4.05. The predicted molar refractivity (Wildman–Crippen MR) is 61.6 cm³/mol. The Labute approximate surface area is 94.3 Å². The third-order valence-electron chi connectivity index (χ3n) is 2.51. The summed E-state index contributed by atoms with van der Waals surface area (Å²) >= 11 is 0. The number of rotatable bonds is 4. The van der Waals surface area contributed by atoms with Crippen molar-refractivity contribution in [2.24, 2.45) is 5.92 Å². The van der Waals surface area contributed by atoms with E-state index in [1.165, 1.54) is 6.07 Å². The largest absolute Gasteiger partial charge is 0.505 e. The molecule has 4 heteroatoms. The first-order valence-corrected chi connectivity index (χ1v) is 5.18. The zero-order valence-corrected chi connectivity index (χ0v) is 9.36. The molecular formula is C12H15NO3. The number of anilines is 1. The highest BCUT2D eigenvalue weighted by atomic mass is 16.3. The van der Waals surface area contributed by atoms with Gasteiger partial charge in [-0.15, -0.1) is 0 Å². The molecule has 0 radical (unpaired) electrons. The molecule has 0 aromatic heterocycles. The van der Waals surface area contributed by atoms with Crippen molar-refractivity contribution in [1.29, 1.82) is 0 Å². The van der Waals surface area contributed by atoms with Crippen molar-refractivity contribution < 1.29 is 14.7 Å². The molecule has 0 aliphatic carbocycles. The topological polar surface area (TPSA) is 66.4 Å². The molecule has 1 amide bonds. The number of aromatic hydroxyl groups is 1. The van der Waals surface area contributed by atoms with E-state index in [2.05, 4.69) is 5.32 Å². The molecule has 0 saturated heterocycles. The molecule has 0 spiro atoms. The van der Waals surface area contributed by atoms with Gasteiger partial charge in [0.05, 0.1) is 11.3 Å². The number of phenolic OH excluding ortho intramolecular Hbond substituents is 1. The van der Waals surface area contributed by atoms with Crippen LogP contribution in [0.4, 0.5) is 5.69 Å². The number of nitrogens with one attached hydrogen (secondary N) is 1. The van der Waals surface area contributed by atoms with Crippen LogP contribution in [0, 0.1) is 5.92 Å². The van der Waals surface area contributed by atoms with E-state index in [0.29, 0.717) is 6.29 Å². The quantitative estimate of drug-likeness (QED) is 0.605. The summed E-state index contributed by atoms with van der Waals surface area (Å²) in [6.07, 6.45) is 1.27. The van der Waals surface area contributed by atoms with Gasteiger partial charge >= 0.3 is 0 Å². The molecule has 0 saturated carbocycles. The van der Waals surface area contributed by atoms with E-state index in [0.717, 1.165) is 6.42 Å². The third kappa shape index (κ3) is 2.59. The van der Waals surface area contributed by atoms with Crippen LogP contribution >= 0.6 is 0 Å². The summed E-state index contributed by atoms with van der Waals surface area (Å²) in [5.41, 5.74) is 0.442. The molecule has 0 fully saturated rings. The fraction of sp³-hybridized carbons (Fsp3) is 0.333. The normalized spacial score (nSPS) is 11.9. The van der Waals surface area contributed by atoms with Crippen LogP contribution in [0.3, 0.4) is 0 Å². The van der Waals surface area contributed by atoms with Gasteiger partial charge in [-0.05, 0) is 18.6 Å². The maximum atomic E-state index is 11.6. The average molecular weight is 221 g/mol. The predicted octanol–water partition coefficient (Wildman–Crippen LogP) is 2.19. The molecule has 0 heterocycles. The molecule has 4 nitrogen and oxygen atoms in total. The second-order valence-electron chi connectivity index (χ2n) is 3.66. The first-order valence-electron chi connectivity index (χ1n) is 5.18. The van der Waals surface area contributed by atoms with Gasteiger partial charge in [-0.2, -0.15) is 0 Å². The first-order chi connectivity index (χ1) is 7.60. The van der Waals surface area contributed by atoms with Gasteiger partial charge in [0, 0.05) is 5.92 Å². The number of hydrogen-bond donors (Lipinski definition) is 2. The van der Waals surface area contributed by atoms with E-state index in [1.54, 1.807) is 19.1 Å². The lowest BCUT2D eigenvalue weighted by Gasteiger charge is -2.11. The average Bonchev–Trinajstić information content (AvgIpc) is 2.30. The van der Waals surface area contributed by atoms with Crippen LogP contribution in [-0.2, 0) is 4.79 Å². The van der Waals surface area contributed by atoms with Crippen molar-refractivity contribution in [3.8, 4) is 5.75 Å². The third-order valence-corrected chi connectivity index (χ3v) is 2.51. The Morgan fingerprint density at radius 3 is 2.81 bits per heavy atom. The number of amides is 1. The standard InChI is InChI=1S/C12H15NO3/c1-3-8(2)12(16)13-10-6-4-5-9(7-14)11(10)15/h4-8,15H,3H2,1-2H3,(H,13,16). The Hall–Kier alpha value is -1.84. The molecule has 1 aromatic rings. The SMILES string of the molecule is CCC(C)C(=O)Nc1cccc(C=O)c1O. The number of hydrogen-bond acceptors (Lipinski definition) is 3. The van der Waals surface area contributed by atoms with E-state index >= 15 is 0 Å². The van der Waals surface area contributed by atoms with Crippen LogP contribution in [0.25, 0.3) is 0 Å². The fourth-order valence-electron chi connectivity index (χ4n) is 1.20. The Balaban J connectivity index is 2.89.